The van der Waals surface area contributed by atoms with Crippen molar-refractivity contribution in [3.63, 3.8) is 0 Å². The second-order valence-electron chi connectivity index (χ2n) is 4.30. The Morgan fingerprint density at radius 1 is 1.48 bits per heavy atom. The zero-order chi connectivity index (χ0) is 15.4. The third kappa shape index (κ3) is 3.82. The van der Waals surface area contributed by atoms with Gasteiger partial charge in [0.25, 0.3) is 5.91 Å². The lowest BCUT2D eigenvalue weighted by atomic mass is 10.1. The van der Waals surface area contributed by atoms with Gasteiger partial charge < -0.3 is 11.1 Å². The number of nitrogens with two attached hydrogens (primary N) is 1. The first-order valence-electron chi connectivity index (χ1n) is 6.25. The summed E-state index contributed by atoms with van der Waals surface area (Å²) < 4.78 is 0. The fourth-order valence-corrected chi connectivity index (χ4v) is 2.78. The molecule has 0 radical (unpaired) electrons. The summed E-state index contributed by atoms with van der Waals surface area (Å²) in [5.74, 6) is 5.46. The quantitative estimate of drug-likeness (QED) is 0.836. The molecule has 0 aliphatic heterocycles. The molecule has 6 heteroatoms. The summed E-state index contributed by atoms with van der Waals surface area (Å²) in [6.07, 6.45) is 0. The summed E-state index contributed by atoms with van der Waals surface area (Å²) in [6, 6.07) is 5.13. The summed E-state index contributed by atoms with van der Waals surface area (Å²) in [4.78, 5) is 17.2. The first-order valence-corrected chi connectivity index (χ1v) is 7.44. The number of nitrogens with one attached hydrogen (secondary N) is 1. The van der Waals surface area contributed by atoms with Crippen molar-refractivity contribution in [1.29, 1.82) is 0 Å². The van der Waals surface area contributed by atoms with Gasteiger partial charge in [-0.3, -0.25) is 4.79 Å². The molecule has 0 saturated heterocycles. The van der Waals surface area contributed by atoms with E-state index in [1.807, 2.05) is 13.8 Å². The number of aromatic nitrogens is 1. The molecule has 1 heterocycles. The Morgan fingerprint density at radius 2 is 2.24 bits per heavy atom. The molecule has 0 unspecified atom stereocenters. The number of anilines is 1. The highest BCUT2D eigenvalue weighted by molar-refractivity contribution is 7.13. The van der Waals surface area contributed by atoms with Crippen LogP contribution < -0.4 is 11.1 Å². The lowest BCUT2D eigenvalue weighted by molar-refractivity contribution is 0.103. The van der Waals surface area contributed by atoms with Gasteiger partial charge in [0.15, 0.2) is 0 Å². The summed E-state index contributed by atoms with van der Waals surface area (Å²) in [7, 11) is 0. The number of halogens is 1. The molecule has 0 bridgehead atoms. The zero-order valence-corrected chi connectivity index (χ0v) is 13.2. The number of benzene rings is 1. The van der Waals surface area contributed by atoms with Gasteiger partial charge in [-0.25, -0.2) is 4.98 Å². The molecule has 1 aromatic heterocycles. The molecule has 0 atom stereocenters. The van der Waals surface area contributed by atoms with Crippen LogP contribution in [-0.2, 0) is 0 Å². The molecule has 0 aliphatic rings. The Kier molecular flexibility index (Phi) is 4.97. The van der Waals surface area contributed by atoms with Gasteiger partial charge in [0.2, 0.25) is 0 Å². The van der Waals surface area contributed by atoms with Gasteiger partial charge in [-0.05, 0) is 32.0 Å². The molecule has 4 nitrogen and oxygen atoms in total. The SMILES string of the molecule is Cc1nc(C)c(C(=O)Nc2ccc(Cl)cc2C#CCN)s1. The largest absolute Gasteiger partial charge is 0.320 e. The molecule has 21 heavy (non-hydrogen) atoms. The third-order valence-corrected chi connectivity index (χ3v) is 3.97. The Morgan fingerprint density at radius 3 is 2.86 bits per heavy atom. The number of amides is 1. The van der Waals surface area contributed by atoms with E-state index in [0.717, 1.165) is 10.7 Å². The van der Waals surface area contributed by atoms with E-state index in [4.69, 9.17) is 17.3 Å². The van der Waals surface area contributed by atoms with Gasteiger partial charge in [0.1, 0.15) is 4.88 Å². The number of aryl methyl sites for hydroxylation is 2. The average Bonchev–Trinajstić information content (AvgIpc) is 2.78. The number of nitrogens with zero attached hydrogens (tertiary/aromatic N) is 1. The number of hydrogen-bond acceptors (Lipinski definition) is 4. The van der Waals surface area contributed by atoms with Crippen LogP contribution in [0.15, 0.2) is 18.2 Å². The topological polar surface area (TPSA) is 68.0 Å². The number of carbonyl (C=O) groups is 1. The van der Waals surface area contributed by atoms with Crippen LogP contribution in [0.4, 0.5) is 5.69 Å². The predicted molar refractivity (Wildman–Crippen MR) is 86.9 cm³/mol. The first-order chi connectivity index (χ1) is 10.0. The van der Waals surface area contributed by atoms with Gasteiger partial charge in [-0.15, -0.1) is 11.3 Å². The molecule has 2 rings (SSSR count). The van der Waals surface area contributed by atoms with Gasteiger partial charge in [-0.1, -0.05) is 23.4 Å². The summed E-state index contributed by atoms with van der Waals surface area (Å²) in [5, 5.41) is 4.26. The fraction of sp³-hybridized carbons (Fsp3) is 0.200. The standard InChI is InChI=1S/C15H14ClN3OS/c1-9-14(21-10(2)18-9)15(20)19-13-6-5-12(16)8-11(13)4-3-7-17/h5-6,8H,7,17H2,1-2H3,(H,19,20). The maximum absolute atomic E-state index is 12.3. The molecule has 108 valence electrons. The molecule has 0 saturated carbocycles. The highest BCUT2D eigenvalue weighted by atomic mass is 35.5. The average molecular weight is 320 g/mol. The van der Waals surface area contributed by atoms with Crippen LogP contribution in [0.2, 0.25) is 5.02 Å². The smallest absolute Gasteiger partial charge is 0.267 e. The van der Waals surface area contributed by atoms with Crippen LogP contribution in [0.1, 0.15) is 25.9 Å². The van der Waals surface area contributed by atoms with E-state index in [2.05, 4.69) is 22.1 Å². The highest BCUT2D eigenvalue weighted by Gasteiger charge is 2.15. The monoisotopic (exact) mass is 319 g/mol. The van der Waals surface area contributed by atoms with Crippen LogP contribution in [0.3, 0.4) is 0 Å². The predicted octanol–water partition coefficient (Wildman–Crippen LogP) is 2.98. The number of thiazole rings is 1. The summed E-state index contributed by atoms with van der Waals surface area (Å²) in [6.45, 7) is 3.93. The van der Waals surface area contributed by atoms with Gasteiger partial charge in [0, 0.05) is 10.6 Å². The van der Waals surface area contributed by atoms with E-state index < -0.39 is 0 Å². The lowest BCUT2D eigenvalue weighted by Crippen LogP contribution is -2.12. The maximum atomic E-state index is 12.3. The molecule has 0 fully saturated rings. The molecule has 0 spiro atoms. The van der Waals surface area contributed by atoms with Gasteiger partial charge >= 0.3 is 0 Å². The van der Waals surface area contributed by atoms with E-state index in [9.17, 15) is 4.79 Å². The van der Waals surface area contributed by atoms with Crippen LogP contribution in [-0.4, -0.2) is 17.4 Å². The van der Waals surface area contributed by atoms with E-state index >= 15 is 0 Å². The van der Waals surface area contributed by atoms with Crippen molar-refractivity contribution in [2.75, 3.05) is 11.9 Å². The Hall–Kier alpha value is -1.87. The van der Waals surface area contributed by atoms with Crippen molar-refractivity contribution in [2.24, 2.45) is 5.73 Å². The highest BCUT2D eigenvalue weighted by Crippen LogP contribution is 2.23. The van der Waals surface area contributed by atoms with E-state index in [-0.39, 0.29) is 12.5 Å². The molecule has 1 amide bonds. The molecule has 2 aromatic rings. The summed E-state index contributed by atoms with van der Waals surface area (Å²) in [5.41, 5.74) is 7.35. The molecule has 1 aromatic carbocycles. The second kappa shape index (κ2) is 6.72. The fourth-order valence-electron chi connectivity index (χ4n) is 1.80. The molecule has 0 aliphatic carbocycles. The number of hydrogen-bond donors (Lipinski definition) is 2. The minimum Gasteiger partial charge on any atom is -0.320 e. The van der Waals surface area contributed by atoms with Crippen LogP contribution in [0.5, 0.6) is 0 Å². The van der Waals surface area contributed by atoms with Crippen molar-refractivity contribution >= 4 is 34.5 Å². The van der Waals surface area contributed by atoms with E-state index in [1.54, 1.807) is 18.2 Å². The van der Waals surface area contributed by atoms with Crippen LogP contribution in [0.25, 0.3) is 0 Å². The Balaban J connectivity index is 2.31. The van der Waals surface area contributed by atoms with E-state index in [0.29, 0.717) is 21.2 Å². The van der Waals surface area contributed by atoms with Crippen molar-refractivity contribution in [1.82, 2.24) is 4.98 Å². The van der Waals surface area contributed by atoms with Crippen LogP contribution >= 0.6 is 22.9 Å². The maximum Gasteiger partial charge on any atom is 0.267 e. The molecule has 3 N–H and O–H groups in total. The van der Waals surface area contributed by atoms with E-state index in [1.165, 1.54) is 11.3 Å². The summed E-state index contributed by atoms with van der Waals surface area (Å²) >= 11 is 7.32. The number of rotatable bonds is 2. The van der Waals surface area contributed by atoms with Crippen molar-refractivity contribution in [3.05, 3.63) is 44.4 Å². The van der Waals surface area contributed by atoms with Gasteiger partial charge in [0.05, 0.1) is 22.9 Å². The first kappa shape index (κ1) is 15.5. The Labute approximate surface area is 132 Å². The third-order valence-electron chi connectivity index (χ3n) is 2.66. The lowest BCUT2D eigenvalue weighted by Gasteiger charge is -2.07. The van der Waals surface area contributed by atoms with Crippen LogP contribution in [0, 0.1) is 25.7 Å². The second-order valence-corrected chi connectivity index (χ2v) is 5.94. The van der Waals surface area contributed by atoms with Crippen molar-refractivity contribution < 1.29 is 4.79 Å². The Bertz CT molecular complexity index is 743. The van der Waals surface area contributed by atoms with Gasteiger partial charge in [-0.2, -0.15) is 0 Å². The minimum absolute atomic E-state index is 0.198. The number of carbonyl (C=O) groups excluding carboxylic acids is 1. The molecular weight excluding hydrogens is 306 g/mol. The zero-order valence-electron chi connectivity index (χ0n) is 11.7. The minimum atomic E-state index is -0.198. The van der Waals surface area contributed by atoms with Crippen molar-refractivity contribution in [2.45, 2.75) is 13.8 Å². The van der Waals surface area contributed by atoms with Crippen molar-refractivity contribution in [3.8, 4) is 11.8 Å². The molecular formula is C15H14ClN3OS. The normalized spacial score (nSPS) is 9.90.